The molecule has 8 heteroatoms. The number of benzene rings is 1. The second-order valence-corrected chi connectivity index (χ2v) is 9.01. The maximum absolute atomic E-state index is 13.2. The minimum atomic E-state index is -0.589. The van der Waals surface area contributed by atoms with Gasteiger partial charge >= 0.3 is 0 Å². The first-order chi connectivity index (χ1) is 16.4. The van der Waals surface area contributed by atoms with E-state index in [2.05, 4.69) is 22.8 Å². The smallest absolute Gasteiger partial charge is 0.257 e. The van der Waals surface area contributed by atoms with Crippen LogP contribution in [0.3, 0.4) is 0 Å². The van der Waals surface area contributed by atoms with Crippen molar-refractivity contribution in [3.05, 3.63) is 69.6 Å². The number of hydrogen-bond donors (Lipinski definition) is 2. The summed E-state index contributed by atoms with van der Waals surface area (Å²) in [5.74, 6) is -1.01. The SMILES string of the molecule is COCCn1cc(C(=O)NCC2(c3ccccc3)CCCC2)c(=O)c(C(=O)NC(C)COC)c1. The highest BCUT2D eigenvalue weighted by Gasteiger charge is 2.36. The van der Waals surface area contributed by atoms with Gasteiger partial charge in [-0.25, -0.2) is 0 Å². The Kier molecular flexibility index (Phi) is 9.01. The molecule has 0 spiro atoms. The van der Waals surface area contributed by atoms with Crippen molar-refractivity contribution in [1.82, 2.24) is 15.2 Å². The monoisotopic (exact) mass is 469 g/mol. The molecule has 1 unspecified atom stereocenters. The van der Waals surface area contributed by atoms with Crippen molar-refractivity contribution in [3.8, 4) is 0 Å². The number of rotatable bonds is 11. The summed E-state index contributed by atoms with van der Waals surface area (Å²) in [6.45, 7) is 3.31. The molecule has 34 heavy (non-hydrogen) atoms. The number of amides is 2. The van der Waals surface area contributed by atoms with Crippen LogP contribution in [0.2, 0.25) is 0 Å². The Morgan fingerprint density at radius 2 is 1.68 bits per heavy atom. The van der Waals surface area contributed by atoms with Crippen molar-refractivity contribution in [2.75, 3.05) is 34.0 Å². The van der Waals surface area contributed by atoms with E-state index in [0.29, 0.717) is 26.3 Å². The van der Waals surface area contributed by atoms with Gasteiger partial charge in [-0.2, -0.15) is 0 Å². The molecule has 0 bridgehead atoms. The van der Waals surface area contributed by atoms with Crippen LogP contribution in [0, 0.1) is 0 Å². The summed E-state index contributed by atoms with van der Waals surface area (Å²) in [7, 11) is 3.11. The molecule has 0 saturated heterocycles. The van der Waals surface area contributed by atoms with Gasteiger partial charge in [0.2, 0.25) is 5.43 Å². The summed E-state index contributed by atoms with van der Waals surface area (Å²) in [5, 5.41) is 5.75. The van der Waals surface area contributed by atoms with Gasteiger partial charge in [-0.05, 0) is 25.3 Å². The lowest BCUT2D eigenvalue weighted by atomic mass is 9.79. The van der Waals surface area contributed by atoms with Crippen LogP contribution >= 0.6 is 0 Å². The molecule has 3 rings (SSSR count). The van der Waals surface area contributed by atoms with E-state index < -0.39 is 17.2 Å². The van der Waals surface area contributed by atoms with Crippen LogP contribution in [0.5, 0.6) is 0 Å². The second kappa shape index (κ2) is 11.9. The van der Waals surface area contributed by atoms with Crippen molar-refractivity contribution in [3.63, 3.8) is 0 Å². The van der Waals surface area contributed by atoms with Gasteiger partial charge in [0.05, 0.1) is 13.2 Å². The van der Waals surface area contributed by atoms with Crippen LogP contribution in [0.15, 0.2) is 47.5 Å². The Morgan fingerprint density at radius 1 is 1.03 bits per heavy atom. The standard InChI is InChI=1S/C26H35N3O5/c1-19(17-34-3)28-25(32)22-16-29(13-14-33-2)15-21(23(22)30)24(31)27-18-26(11-7-8-12-26)20-9-5-4-6-10-20/h4-6,9-10,15-16,19H,7-8,11-14,17-18H2,1-3H3,(H,27,31)(H,28,32). The van der Waals surface area contributed by atoms with E-state index in [9.17, 15) is 14.4 Å². The summed E-state index contributed by atoms with van der Waals surface area (Å²) >= 11 is 0. The molecule has 2 amide bonds. The fourth-order valence-corrected chi connectivity index (χ4v) is 4.63. The van der Waals surface area contributed by atoms with Gasteiger partial charge < -0.3 is 24.7 Å². The van der Waals surface area contributed by atoms with Gasteiger partial charge in [0.25, 0.3) is 11.8 Å². The predicted octanol–water partition coefficient (Wildman–Crippen LogP) is 2.50. The number of pyridine rings is 1. The lowest BCUT2D eigenvalue weighted by Crippen LogP contribution is -2.42. The van der Waals surface area contributed by atoms with Crippen molar-refractivity contribution in [2.45, 2.75) is 50.6 Å². The number of carbonyl (C=O) groups is 2. The Balaban J connectivity index is 1.86. The van der Waals surface area contributed by atoms with E-state index >= 15 is 0 Å². The first kappa shape index (κ1) is 25.6. The normalized spacial score (nSPS) is 15.6. The molecule has 0 radical (unpaired) electrons. The molecule has 184 valence electrons. The molecule has 8 nitrogen and oxygen atoms in total. The predicted molar refractivity (Wildman–Crippen MR) is 130 cm³/mol. The van der Waals surface area contributed by atoms with Crippen molar-refractivity contribution >= 4 is 11.8 Å². The van der Waals surface area contributed by atoms with E-state index in [1.807, 2.05) is 18.2 Å². The minimum Gasteiger partial charge on any atom is -0.383 e. The molecule has 1 saturated carbocycles. The van der Waals surface area contributed by atoms with Crippen LogP contribution in [0.1, 0.15) is 58.9 Å². The number of ether oxygens (including phenoxy) is 2. The van der Waals surface area contributed by atoms with Gasteiger partial charge in [-0.15, -0.1) is 0 Å². The quantitative estimate of drug-likeness (QED) is 0.527. The maximum Gasteiger partial charge on any atom is 0.257 e. The molecular formula is C26H35N3O5. The van der Waals surface area contributed by atoms with Crippen molar-refractivity contribution in [1.29, 1.82) is 0 Å². The average molecular weight is 470 g/mol. The number of methoxy groups -OCH3 is 2. The zero-order valence-corrected chi connectivity index (χ0v) is 20.3. The highest BCUT2D eigenvalue weighted by Crippen LogP contribution is 2.40. The number of carbonyl (C=O) groups excluding carboxylic acids is 2. The number of nitrogens with zero attached hydrogens (tertiary/aromatic N) is 1. The van der Waals surface area contributed by atoms with Crippen LogP contribution in [0.4, 0.5) is 0 Å². The highest BCUT2D eigenvalue weighted by atomic mass is 16.5. The number of hydrogen-bond acceptors (Lipinski definition) is 5. The van der Waals surface area contributed by atoms with E-state index in [4.69, 9.17) is 9.47 Å². The molecule has 1 aliphatic carbocycles. The van der Waals surface area contributed by atoms with Gasteiger partial charge in [0, 0.05) is 51.2 Å². The van der Waals surface area contributed by atoms with Crippen molar-refractivity contribution in [2.24, 2.45) is 0 Å². The Bertz CT molecular complexity index is 1030. The summed E-state index contributed by atoms with van der Waals surface area (Å²) in [6.07, 6.45) is 7.13. The molecule has 1 fully saturated rings. The molecule has 2 N–H and O–H groups in total. The van der Waals surface area contributed by atoms with Crippen molar-refractivity contribution < 1.29 is 19.1 Å². The van der Waals surface area contributed by atoms with E-state index in [-0.39, 0.29) is 22.6 Å². The largest absolute Gasteiger partial charge is 0.383 e. The first-order valence-electron chi connectivity index (χ1n) is 11.8. The lowest BCUT2D eigenvalue weighted by molar-refractivity contribution is 0.0903. The third-order valence-electron chi connectivity index (χ3n) is 6.45. The molecule has 1 heterocycles. The Labute approximate surface area is 200 Å². The Morgan fingerprint density at radius 3 is 2.29 bits per heavy atom. The lowest BCUT2D eigenvalue weighted by Gasteiger charge is -2.30. The van der Waals surface area contributed by atoms with Gasteiger partial charge in [-0.1, -0.05) is 43.2 Å². The fraction of sp³-hybridized carbons (Fsp3) is 0.500. The van der Waals surface area contributed by atoms with Gasteiger partial charge in [0.15, 0.2) is 0 Å². The number of nitrogens with one attached hydrogen (secondary N) is 2. The molecule has 0 aliphatic heterocycles. The number of aromatic nitrogens is 1. The summed E-state index contributed by atoms with van der Waals surface area (Å²) in [4.78, 5) is 39.2. The van der Waals surface area contributed by atoms with E-state index in [0.717, 1.165) is 25.7 Å². The van der Waals surface area contributed by atoms with Crippen LogP contribution in [-0.4, -0.2) is 56.4 Å². The third-order valence-corrected chi connectivity index (χ3v) is 6.45. The van der Waals surface area contributed by atoms with Crippen LogP contribution in [-0.2, 0) is 21.4 Å². The molecule has 1 atom stereocenters. The third kappa shape index (κ3) is 6.12. The zero-order valence-electron chi connectivity index (χ0n) is 20.3. The zero-order chi connectivity index (χ0) is 24.6. The van der Waals surface area contributed by atoms with E-state index in [1.54, 1.807) is 18.6 Å². The molecular weight excluding hydrogens is 434 g/mol. The minimum absolute atomic E-state index is 0.0515. The van der Waals surface area contributed by atoms with Gasteiger partial charge in [-0.3, -0.25) is 14.4 Å². The first-order valence-corrected chi connectivity index (χ1v) is 11.8. The second-order valence-electron chi connectivity index (χ2n) is 9.01. The average Bonchev–Trinajstić information content (AvgIpc) is 3.32. The maximum atomic E-state index is 13.2. The summed E-state index contributed by atoms with van der Waals surface area (Å²) in [5.41, 5.74) is 0.338. The molecule has 1 aromatic heterocycles. The molecule has 2 aromatic rings. The van der Waals surface area contributed by atoms with Crippen LogP contribution < -0.4 is 16.1 Å². The van der Waals surface area contributed by atoms with Gasteiger partial charge in [0.1, 0.15) is 11.1 Å². The summed E-state index contributed by atoms with van der Waals surface area (Å²) < 4.78 is 11.8. The molecule has 1 aromatic carbocycles. The fourth-order valence-electron chi connectivity index (χ4n) is 4.63. The Hall–Kier alpha value is -2.97. The van der Waals surface area contributed by atoms with Crippen LogP contribution in [0.25, 0.3) is 0 Å². The molecule has 1 aliphatic rings. The topological polar surface area (TPSA) is 98.7 Å². The highest BCUT2D eigenvalue weighted by molar-refractivity contribution is 5.99. The summed E-state index contributed by atoms with van der Waals surface area (Å²) in [6, 6.07) is 9.92. The van der Waals surface area contributed by atoms with E-state index in [1.165, 1.54) is 25.1 Å².